The van der Waals surface area contributed by atoms with Crippen LogP contribution in [0.2, 0.25) is 0 Å². The summed E-state index contributed by atoms with van der Waals surface area (Å²) < 4.78 is 201. The fourth-order valence-electron chi connectivity index (χ4n) is 14.7. The number of para-hydroxylation sites is 1. The molecule has 0 saturated heterocycles. The number of aryl methyl sites for hydroxylation is 3. The van der Waals surface area contributed by atoms with Crippen molar-refractivity contribution in [2.75, 3.05) is 84.6 Å². The standard InChI is InChI=1S/C23H18F3N3OS.C19H16F3N3O.C19H21N3OS.C18H19N3OS.C15H13F6N3O.C14H14F3N3O/c1-28(2)22(30)21-13-12-20(31-21)19-14-18(15-6-4-3-5-7-15)27-29(19)17-10-8-16(9-11-17)23(24,25)26;1-24(2)18(26)14-8-6-7-13(11-14)16-12-17(19(20,21)22)23-25(16)15-9-4-3-5-10-15;1-4-12-22-16(13-15(20-22)14-8-6-5-7-9-14)17-10-11-18(24-17)19(23)21(2)3;1-4-21-15(13-8-6-5-7-9-13)12-14(19-21)16-10-11-17(23-16)18(22)20(2)3;1-23(2)13(25)10-5-3-4-9(6-10)11-7-12(15(19,20)21)22-24(11)8-14(16,17)18;1-19(2)13(21)10-6-4-5-9(7-10)11-8-12(14(15,16)17)20(3)18-11/h3-14H,1-2H3;3-12H,1-2H3;5-11,13H,4,12H2,1-3H3;5-12H,4H2,1-3H3;3-7H,8H2,1-2H3;4-8H,1-3H3. The maximum Gasteiger partial charge on any atom is 0.435 e. The van der Waals surface area contributed by atoms with Crippen LogP contribution >= 0.6 is 34.0 Å². The summed E-state index contributed by atoms with van der Waals surface area (Å²) in [5.74, 6) is -0.923. The van der Waals surface area contributed by atoms with Gasteiger partial charge in [-0.05, 0) is 165 Å². The zero-order chi connectivity index (χ0) is 109. The number of benzene rings is 8. The predicted molar refractivity (Wildman–Crippen MR) is 550 cm³/mol. The van der Waals surface area contributed by atoms with Gasteiger partial charge >= 0.3 is 30.9 Å². The SMILES string of the molecule is CCCn1nc(-c2ccccc2)cc1-c1ccc(C(=O)N(C)C)s1.CCn1nc(-c2ccc(C(=O)N(C)C)s2)cc1-c1ccccc1.CN(C)C(=O)c1ccc(-c2cc(-c3ccccc3)nn2-c2ccc(C(F)(F)F)cc2)s1.CN(C)C(=O)c1cccc(-c2cc(C(F)(F)F)n(C)n2)c1.CN(C)C(=O)c1cccc(-c2cc(C(F)(F)F)nn2-c2ccccc2)c1.CN(C)C(=O)c1cccc(-c2cc(C(F)(F)F)nn2CC(F)(F)F)c1. The molecule has 0 aliphatic heterocycles. The van der Waals surface area contributed by atoms with Gasteiger partial charge in [0.25, 0.3) is 35.4 Å². The number of thiophene rings is 3. The summed E-state index contributed by atoms with van der Waals surface area (Å²) in [7, 11) is 21.1. The van der Waals surface area contributed by atoms with Gasteiger partial charge in [-0.3, -0.25) is 47.5 Å². The highest BCUT2D eigenvalue weighted by Gasteiger charge is 2.40. The third kappa shape index (κ3) is 28.6. The van der Waals surface area contributed by atoms with Crippen molar-refractivity contribution >= 4 is 69.5 Å². The van der Waals surface area contributed by atoms with E-state index in [1.54, 1.807) is 164 Å². The zero-order valence-electron chi connectivity index (χ0n) is 83.4. The van der Waals surface area contributed by atoms with Crippen LogP contribution in [0, 0.1) is 0 Å². The first-order valence-corrected chi connectivity index (χ1v) is 48.3. The molecule has 0 bridgehead atoms. The Morgan fingerprint density at radius 3 is 1.08 bits per heavy atom. The molecule has 782 valence electrons. The van der Waals surface area contributed by atoms with Crippen molar-refractivity contribution in [2.45, 2.75) is 70.8 Å². The first kappa shape index (κ1) is 113. The molecule has 150 heavy (non-hydrogen) atoms. The van der Waals surface area contributed by atoms with Crippen molar-refractivity contribution in [3.05, 3.63) is 345 Å². The minimum absolute atomic E-state index is 0.0273. The fraction of sp³-hybridized carbons (Fsp3) is 0.222. The number of hydrogen-bond donors (Lipinski definition) is 0. The Hall–Kier alpha value is -16.1. The molecular formula is C108H101F15N18O6S3. The zero-order valence-corrected chi connectivity index (χ0v) is 85.9. The van der Waals surface area contributed by atoms with E-state index in [0.29, 0.717) is 56.0 Å². The number of halogens is 15. The smallest absolute Gasteiger partial charge is 0.345 e. The van der Waals surface area contributed by atoms with Gasteiger partial charge in [0.2, 0.25) is 0 Å². The Labute approximate surface area is 865 Å². The highest BCUT2D eigenvalue weighted by molar-refractivity contribution is 7.18. The molecule has 17 rings (SSSR count). The first-order chi connectivity index (χ1) is 70.8. The second-order valence-corrected chi connectivity index (χ2v) is 37.9. The fourth-order valence-corrected chi connectivity index (χ4v) is 17.8. The Balaban J connectivity index is 0.000000160. The van der Waals surface area contributed by atoms with Crippen molar-refractivity contribution in [3.8, 4) is 111 Å². The number of aromatic nitrogens is 12. The van der Waals surface area contributed by atoms with E-state index in [0.717, 1.165) is 112 Å². The van der Waals surface area contributed by atoms with Gasteiger partial charge < -0.3 is 29.4 Å². The van der Waals surface area contributed by atoms with E-state index in [9.17, 15) is 94.6 Å². The molecule has 17 aromatic rings. The molecule has 0 aliphatic carbocycles. The van der Waals surface area contributed by atoms with Gasteiger partial charge in [-0.25, -0.2) is 9.36 Å². The predicted octanol–water partition coefficient (Wildman–Crippen LogP) is 25.3. The van der Waals surface area contributed by atoms with Crippen LogP contribution in [0.25, 0.3) is 111 Å². The van der Waals surface area contributed by atoms with Gasteiger partial charge in [-0.15, -0.1) is 34.0 Å². The highest BCUT2D eigenvalue weighted by Crippen LogP contribution is 2.42. The molecule has 0 saturated carbocycles. The summed E-state index contributed by atoms with van der Waals surface area (Å²) in [6.45, 7) is 4.21. The van der Waals surface area contributed by atoms with Crippen LogP contribution in [0.5, 0.6) is 0 Å². The summed E-state index contributed by atoms with van der Waals surface area (Å²) in [5, 5.41) is 24.7. The molecule has 9 heterocycles. The van der Waals surface area contributed by atoms with Crippen molar-refractivity contribution in [1.29, 1.82) is 0 Å². The van der Waals surface area contributed by atoms with Crippen molar-refractivity contribution in [2.24, 2.45) is 7.05 Å². The van der Waals surface area contributed by atoms with Gasteiger partial charge in [0.15, 0.2) is 11.4 Å². The summed E-state index contributed by atoms with van der Waals surface area (Å²) >= 11 is 4.32. The molecule has 24 nitrogen and oxygen atoms in total. The Morgan fingerprint density at radius 1 is 0.287 bits per heavy atom. The molecule has 0 radical (unpaired) electrons. The van der Waals surface area contributed by atoms with E-state index in [1.807, 2.05) is 112 Å². The van der Waals surface area contributed by atoms with Crippen molar-refractivity contribution < 1.29 is 94.6 Å². The molecule has 0 fully saturated rings. The van der Waals surface area contributed by atoms with Crippen LogP contribution in [-0.4, -0.2) is 214 Å². The van der Waals surface area contributed by atoms with Crippen LogP contribution in [0.1, 0.15) is 103 Å². The lowest BCUT2D eigenvalue weighted by molar-refractivity contribution is -0.148. The monoisotopic (exact) mass is 2130 g/mol. The topological polar surface area (TPSA) is 229 Å². The summed E-state index contributed by atoms with van der Waals surface area (Å²) in [6, 6.07) is 81.5. The third-order valence-corrected chi connectivity index (χ3v) is 25.4. The van der Waals surface area contributed by atoms with Gasteiger partial charge in [0.05, 0.1) is 91.8 Å². The first-order valence-electron chi connectivity index (χ1n) is 45.9. The van der Waals surface area contributed by atoms with Gasteiger partial charge in [0.1, 0.15) is 17.9 Å². The summed E-state index contributed by atoms with van der Waals surface area (Å²) in [6.07, 6.45) is -22.1. The minimum Gasteiger partial charge on any atom is -0.345 e. The van der Waals surface area contributed by atoms with E-state index in [2.05, 4.69) is 70.6 Å². The minimum atomic E-state index is -4.89. The van der Waals surface area contributed by atoms with E-state index in [1.165, 1.54) is 122 Å². The Bertz CT molecular complexity index is 7510. The van der Waals surface area contributed by atoms with Gasteiger partial charge in [-0.1, -0.05) is 153 Å². The molecule has 0 atom stereocenters. The normalized spacial score (nSPS) is 11.4. The number of nitrogens with zero attached hydrogens (tertiary/aromatic N) is 18. The second kappa shape index (κ2) is 48.2. The summed E-state index contributed by atoms with van der Waals surface area (Å²) in [5.41, 5.74) is 7.55. The maximum absolute atomic E-state index is 13.2. The molecule has 0 N–H and O–H groups in total. The lowest BCUT2D eigenvalue weighted by atomic mass is 10.1. The average molecular weight is 2130 g/mol. The third-order valence-electron chi connectivity index (χ3n) is 22.1. The van der Waals surface area contributed by atoms with Crippen LogP contribution in [0.4, 0.5) is 65.9 Å². The molecular weight excluding hydrogens is 2030 g/mol. The average Bonchev–Trinajstić information content (AvgIpc) is 1.66. The molecule has 6 amide bonds. The van der Waals surface area contributed by atoms with Crippen molar-refractivity contribution in [3.63, 3.8) is 0 Å². The maximum atomic E-state index is 13.2. The number of carbonyl (C=O) groups excluding carboxylic acids is 6. The number of hydrogen-bond acceptors (Lipinski definition) is 15. The molecule has 0 aliphatic rings. The van der Waals surface area contributed by atoms with E-state index >= 15 is 0 Å². The van der Waals surface area contributed by atoms with Crippen LogP contribution in [0.3, 0.4) is 0 Å². The highest BCUT2D eigenvalue weighted by atomic mass is 32.1. The molecule has 8 aromatic carbocycles. The number of carbonyl (C=O) groups is 6. The Kier molecular flexibility index (Phi) is 36.2. The largest absolute Gasteiger partial charge is 0.435 e. The number of alkyl halides is 15. The summed E-state index contributed by atoms with van der Waals surface area (Å²) in [4.78, 5) is 86.2. The lowest BCUT2D eigenvalue weighted by Crippen LogP contribution is -2.22. The van der Waals surface area contributed by atoms with Crippen LogP contribution in [-0.2, 0) is 51.4 Å². The van der Waals surface area contributed by atoms with Crippen LogP contribution in [0.15, 0.2) is 291 Å². The number of rotatable bonds is 21. The van der Waals surface area contributed by atoms with Crippen molar-refractivity contribution in [1.82, 2.24) is 88.1 Å². The van der Waals surface area contributed by atoms with E-state index in [4.69, 9.17) is 10.2 Å². The van der Waals surface area contributed by atoms with Crippen LogP contribution < -0.4 is 0 Å². The quantitative estimate of drug-likeness (QED) is 0.0612. The van der Waals surface area contributed by atoms with E-state index in [-0.39, 0.29) is 62.4 Å². The lowest BCUT2D eigenvalue weighted by Gasteiger charge is -2.13. The molecule has 0 unspecified atom stereocenters. The molecule has 9 aromatic heterocycles. The van der Waals surface area contributed by atoms with E-state index < -0.39 is 66.0 Å². The molecule has 0 spiro atoms. The number of amides is 6. The van der Waals surface area contributed by atoms with Gasteiger partial charge in [0, 0.05) is 149 Å². The molecule has 42 heteroatoms. The second-order valence-electron chi connectivity index (χ2n) is 34.7. The Morgan fingerprint density at radius 2 is 0.647 bits per heavy atom. The van der Waals surface area contributed by atoms with Gasteiger partial charge in [-0.2, -0.15) is 96.4 Å².